The fourth-order valence-corrected chi connectivity index (χ4v) is 2.46. The molecular weight excluding hydrogens is 372 g/mol. The van der Waals surface area contributed by atoms with Crippen LogP contribution in [0.1, 0.15) is 5.56 Å². The van der Waals surface area contributed by atoms with E-state index in [1.165, 1.54) is 0 Å². The minimum Gasteiger partial charge on any atom is -0.497 e. The maximum atomic E-state index is 9.13. The third-order valence-corrected chi connectivity index (χ3v) is 3.44. The second-order valence-corrected chi connectivity index (χ2v) is 5.64. The number of benzene rings is 2. The van der Waals surface area contributed by atoms with Gasteiger partial charge in [0.1, 0.15) is 11.8 Å². The van der Waals surface area contributed by atoms with Gasteiger partial charge >= 0.3 is 0 Å². The number of nitriles is 1. The summed E-state index contributed by atoms with van der Waals surface area (Å²) in [6, 6.07) is 13.3. The molecule has 19 heavy (non-hydrogen) atoms. The summed E-state index contributed by atoms with van der Waals surface area (Å²) in [4.78, 5) is 0. The molecule has 0 fully saturated rings. The molecule has 0 spiro atoms. The third kappa shape index (κ3) is 3.49. The number of rotatable bonds is 3. The molecule has 0 atom stereocenters. The highest BCUT2D eigenvalue weighted by atomic mass is 79.9. The van der Waals surface area contributed by atoms with Crippen LogP contribution >= 0.6 is 31.9 Å². The second kappa shape index (κ2) is 6.09. The third-order valence-electron chi connectivity index (χ3n) is 2.49. The summed E-state index contributed by atoms with van der Waals surface area (Å²) in [6.07, 6.45) is 0. The topological polar surface area (TPSA) is 45.0 Å². The van der Waals surface area contributed by atoms with Gasteiger partial charge < -0.3 is 10.1 Å². The maximum Gasteiger partial charge on any atom is 0.122 e. The van der Waals surface area contributed by atoms with E-state index >= 15 is 0 Å². The van der Waals surface area contributed by atoms with Gasteiger partial charge in [-0.3, -0.25) is 0 Å². The van der Waals surface area contributed by atoms with Crippen LogP contribution in [0.5, 0.6) is 5.75 Å². The lowest BCUT2D eigenvalue weighted by atomic mass is 10.2. The molecule has 0 aliphatic rings. The van der Waals surface area contributed by atoms with Crippen LogP contribution in [-0.2, 0) is 0 Å². The van der Waals surface area contributed by atoms with Crippen LogP contribution in [0.3, 0.4) is 0 Å². The van der Waals surface area contributed by atoms with Crippen molar-refractivity contribution < 1.29 is 4.74 Å². The van der Waals surface area contributed by atoms with Crippen LogP contribution in [0.25, 0.3) is 0 Å². The maximum absolute atomic E-state index is 9.13. The van der Waals surface area contributed by atoms with Crippen molar-refractivity contribution in [1.29, 1.82) is 5.26 Å². The Hall–Kier alpha value is -1.51. The van der Waals surface area contributed by atoms with Crippen LogP contribution in [0.2, 0.25) is 0 Å². The summed E-state index contributed by atoms with van der Waals surface area (Å²) in [5.74, 6) is 0.743. The van der Waals surface area contributed by atoms with E-state index in [1.54, 1.807) is 13.2 Å². The highest BCUT2D eigenvalue weighted by Crippen LogP contribution is 2.29. The highest BCUT2D eigenvalue weighted by Gasteiger charge is 2.05. The van der Waals surface area contributed by atoms with Crippen LogP contribution in [0.4, 0.5) is 11.4 Å². The summed E-state index contributed by atoms with van der Waals surface area (Å²) in [5, 5.41) is 12.3. The molecule has 0 bridgehead atoms. The van der Waals surface area contributed by atoms with Gasteiger partial charge in [0.2, 0.25) is 0 Å². The number of nitrogens with one attached hydrogen (secondary N) is 1. The van der Waals surface area contributed by atoms with Crippen LogP contribution < -0.4 is 10.1 Å². The van der Waals surface area contributed by atoms with Crippen molar-refractivity contribution in [3.05, 3.63) is 50.9 Å². The molecule has 3 nitrogen and oxygen atoms in total. The fraction of sp³-hybridized carbons (Fsp3) is 0.0714. The van der Waals surface area contributed by atoms with Gasteiger partial charge in [-0.2, -0.15) is 5.26 Å². The van der Waals surface area contributed by atoms with Gasteiger partial charge in [0.25, 0.3) is 0 Å². The number of methoxy groups -OCH3 is 1. The summed E-state index contributed by atoms with van der Waals surface area (Å²) in [5.41, 5.74) is 2.18. The van der Waals surface area contributed by atoms with E-state index in [2.05, 4.69) is 43.2 Å². The zero-order valence-corrected chi connectivity index (χ0v) is 13.2. The van der Waals surface area contributed by atoms with Gasteiger partial charge in [-0.1, -0.05) is 31.9 Å². The predicted molar refractivity (Wildman–Crippen MR) is 82.8 cm³/mol. The number of anilines is 2. The largest absolute Gasteiger partial charge is 0.497 e. The summed E-state index contributed by atoms with van der Waals surface area (Å²) < 4.78 is 6.99. The first-order valence-electron chi connectivity index (χ1n) is 5.43. The molecule has 5 heteroatoms. The monoisotopic (exact) mass is 380 g/mol. The first kappa shape index (κ1) is 13.9. The normalized spacial score (nSPS) is 9.79. The smallest absolute Gasteiger partial charge is 0.122 e. The Bertz CT molecular complexity index is 650. The highest BCUT2D eigenvalue weighted by molar-refractivity contribution is 9.10. The molecule has 0 aromatic heterocycles. The standard InChI is InChI=1S/C14H10Br2N2O/c1-19-13-6-11(16)5-12(7-13)18-14-3-2-10(15)4-9(14)8-17/h2-7,18H,1H3. The number of halogens is 2. The van der Waals surface area contributed by atoms with Crippen molar-refractivity contribution in [2.75, 3.05) is 12.4 Å². The van der Waals surface area contributed by atoms with Crippen molar-refractivity contribution >= 4 is 43.2 Å². The van der Waals surface area contributed by atoms with E-state index in [0.717, 1.165) is 26.1 Å². The number of hydrogen-bond donors (Lipinski definition) is 1. The minimum absolute atomic E-state index is 0.577. The lowest BCUT2D eigenvalue weighted by Gasteiger charge is -2.10. The molecule has 2 aromatic rings. The fourth-order valence-electron chi connectivity index (χ4n) is 1.63. The van der Waals surface area contributed by atoms with Gasteiger partial charge in [0.05, 0.1) is 18.4 Å². The molecule has 1 N–H and O–H groups in total. The van der Waals surface area contributed by atoms with E-state index in [4.69, 9.17) is 10.00 Å². The Morgan fingerprint density at radius 2 is 1.89 bits per heavy atom. The molecule has 0 heterocycles. The Balaban J connectivity index is 2.36. The van der Waals surface area contributed by atoms with Gasteiger partial charge in [-0.15, -0.1) is 0 Å². The SMILES string of the molecule is COc1cc(Br)cc(Nc2ccc(Br)cc2C#N)c1. The second-order valence-electron chi connectivity index (χ2n) is 3.81. The van der Waals surface area contributed by atoms with Gasteiger partial charge in [0, 0.05) is 20.7 Å². The molecule has 0 unspecified atom stereocenters. The van der Waals surface area contributed by atoms with Crippen molar-refractivity contribution in [3.63, 3.8) is 0 Å². The first-order valence-corrected chi connectivity index (χ1v) is 7.02. The zero-order valence-electron chi connectivity index (χ0n) is 10.1. The average molecular weight is 382 g/mol. The molecule has 0 radical (unpaired) electrons. The van der Waals surface area contributed by atoms with E-state index in [0.29, 0.717) is 5.56 Å². The first-order chi connectivity index (χ1) is 9.12. The molecule has 0 amide bonds. The van der Waals surface area contributed by atoms with Crippen molar-refractivity contribution in [2.24, 2.45) is 0 Å². The van der Waals surface area contributed by atoms with Crippen LogP contribution in [-0.4, -0.2) is 7.11 Å². The predicted octanol–water partition coefficient (Wildman–Crippen LogP) is 4.84. The summed E-state index contributed by atoms with van der Waals surface area (Å²) in [7, 11) is 1.62. The minimum atomic E-state index is 0.577. The van der Waals surface area contributed by atoms with Gasteiger partial charge in [0.15, 0.2) is 0 Å². The molecule has 0 aliphatic carbocycles. The Labute approximate surface area is 128 Å². The molecule has 96 valence electrons. The number of ether oxygens (including phenoxy) is 1. The zero-order chi connectivity index (χ0) is 13.8. The average Bonchev–Trinajstić information content (AvgIpc) is 2.40. The van der Waals surface area contributed by atoms with E-state index in [-0.39, 0.29) is 0 Å². The molecule has 0 aliphatic heterocycles. The Morgan fingerprint density at radius 1 is 1.11 bits per heavy atom. The molecule has 0 saturated carbocycles. The molecular formula is C14H10Br2N2O. The van der Waals surface area contributed by atoms with E-state index in [1.807, 2.05) is 30.3 Å². The van der Waals surface area contributed by atoms with Crippen LogP contribution in [0.15, 0.2) is 45.3 Å². The van der Waals surface area contributed by atoms with E-state index < -0.39 is 0 Å². The summed E-state index contributed by atoms with van der Waals surface area (Å²) in [6.45, 7) is 0. The van der Waals surface area contributed by atoms with Crippen molar-refractivity contribution in [2.45, 2.75) is 0 Å². The Morgan fingerprint density at radius 3 is 2.58 bits per heavy atom. The number of nitrogens with zero attached hydrogens (tertiary/aromatic N) is 1. The number of hydrogen-bond acceptors (Lipinski definition) is 3. The Kier molecular flexibility index (Phi) is 4.46. The lowest BCUT2D eigenvalue weighted by Crippen LogP contribution is -1.94. The van der Waals surface area contributed by atoms with Crippen LogP contribution in [0, 0.1) is 11.3 Å². The summed E-state index contributed by atoms with van der Waals surface area (Å²) >= 11 is 6.77. The van der Waals surface area contributed by atoms with Gasteiger partial charge in [-0.25, -0.2) is 0 Å². The lowest BCUT2D eigenvalue weighted by molar-refractivity contribution is 0.415. The van der Waals surface area contributed by atoms with E-state index in [9.17, 15) is 0 Å². The van der Waals surface area contributed by atoms with Crippen molar-refractivity contribution in [1.82, 2.24) is 0 Å². The van der Waals surface area contributed by atoms with Crippen molar-refractivity contribution in [3.8, 4) is 11.8 Å². The van der Waals surface area contributed by atoms with Gasteiger partial charge in [-0.05, 0) is 30.3 Å². The molecule has 2 rings (SSSR count). The molecule has 0 saturated heterocycles. The molecule has 2 aromatic carbocycles. The quantitative estimate of drug-likeness (QED) is 0.827.